The van der Waals surface area contributed by atoms with Crippen molar-refractivity contribution in [3.05, 3.63) is 192 Å². The molecule has 4 aromatic carbocycles. The second kappa shape index (κ2) is 18.6. The topological polar surface area (TPSA) is 109 Å². The molecule has 254 valence electrons. The summed E-state index contributed by atoms with van der Waals surface area (Å²) in [6, 6.07) is 40.9. The molecule has 6 heteroatoms. The van der Waals surface area contributed by atoms with Crippen LogP contribution in [0.25, 0.3) is 0 Å². The van der Waals surface area contributed by atoms with E-state index in [0.29, 0.717) is 12.8 Å². The van der Waals surface area contributed by atoms with Crippen molar-refractivity contribution in [3.63, 3.8) is 0 Å². The SMILES string of the molecule is O=C(O)CCC(=O)/C=C/C=C/C(CCC(/C=C/C=C/C(=O)CCC(=O)O)(c1ccccc1)c1ccccc1)(c1ccccc1)c1ccccc1. The second-order valence-corrected chi connectivity index (χ2v) is 12.1. The number of allylic oxidation sites excluding steroid dienone is 8. The van der Waals surface area contributed by atoms with Crippen LogP contribution in [0.2, 0.25) is 0 Å². The van der Waals surface area contributed by atoms with E-state index in [2.05, 4.69) is 60.7 Å². The fourth-order valence-electron chi connectivity index (χ4n) is 6.19. The molecule has 0 heterocycles. The van der Waals surface area contributed by atoms with Gasteiger partial charge in [-0.25, -0.2) is 0 Å². The van der Waals surface area contributed by atoms with Crippen LogP contribution < -0.4 is 0 Å². The minimum absolute atomic E-state index is 0.0647. The van der Waals surface area contributed by atoms with E-state index in [0.717, 1.165) is 22.3 Å². The maximum Gasteiger partial charge on any atom is 0.303 e. The second-order valence-electron chi connectivity index (χ2n) is 12.1. The van der Waals surface area contributed by atoms with Crippen molar-refractivity contribution >= 4 is 23.5 Å². The summed E-state index contributed by atoms with van der Waals surface area (Å²) in [7, 11) is 0. The fraction of sp³-hybridized carbons (Fsp3) is 0.182. The van der Waals surface area contributed by atoms with E-state index >= 15 is 0 Å². The van der Waals surface area contributed by atoms with Crippen molar-refractivity contribution in [1.82, 2.24) is 0 Å². The van der Waals surface area contributed by atoms with Gasteiger partial charge in [0.2, 0.25) is 0 Å². The summed E-state index contributed by atoms with van der Waals surface area (Å²) in [5.74, 6) is -2.53. The number of aliphatic carboxylic acids is 2. The number of rotatable bonds is 19. The van der Waals surface area contributed by atoms with Crippen LogP contribution >= 0.6 is 0 Å². The zero-order chi connectivity index (χ0) is 35.7. The van der Waals surface area contributed by atoms with E-state index in [1.807, 2.05) is 84.9 Å². The van der Waals surface area contributed by atoms with Gasteiger partial charge in [-0.2, -0.15) is 0 Å². The molecule has 2 N–H and O–H groups in total. The normalized spacial score (nSPS) is 12.2. The van der Waals surface area contributed by atoms with E-state index in [9.17, 15) is 19.2 Å². The van der Waals surface area contributed by atoms with Crippen LogP contribution in [0.1, 0.15) is 60.8 Å². The van der Waals surface area contributed by atoms with Crippen molar-refractivity contribution in [1.29, 1.82) is 0 Å². The molecule has 0 saturated heterocycles. The number of carbonyl (C=O) groups excluding carboxylic acids is 2. The highest BCUT2D eigenvalue weighted by atomic mass is 16.4. The molecule has 0 atom stereocenters. The standard InChI is InChI=1S/C44H42O6/c45-39(27-29-41(47)48)25-13-15-31-43(35-17-5-1-6-18-35,36-19-7-2-8-20-36)33-34-44(37-21-9-3-10-22-37,38-23-11-4-12-24-38)32-16-14-26-40(46)28-30-42(49)50/h1-26,31-32H,27-30,33-34H2,(H,47,48)(H,49,50)/b25-13+,26-14+,31-15+,32-16+. The van der Waals surface area contributed by atoms with Gasteiger partial charge < -0.3 is 10.2 Å². The highest BCUT2D eigenvalue weighted by Crippen LogP contribution is 2.45. The van der Waals surface area contributed by atoms with Crippen molar-refractivity contribution < 1.29 is 29.4 Å². The van der Waals surface area contributed by atoms with Gasteiger partial charge in [-0.05, 0) is 47.2 Å². The molecule has 0 radical (unpaired) electrons. The monoisotopic (exact) mass is 666 g/mol. The number of ketones is 2. The largest absolute Gasteiger partial charge is 0.481 e. The lowest BCUT2D eigenvalue weighted by Crippen LogP contribution is -2.32. The molecule has 0 aliphatic rings. The minimum atomic E-state index is -1.01. The van der Waals surface area contributed by atoms with Gasteiger partial charge in [-0.1, -0.05) is 158 Å². The highest BCUT2D eigenvalue weighted by molar-refractivity contribution is 5.92. The predicted molar refractivity (Wildman–Crippen MR) is 197 cm³/mol. The average molecular weight is 667 g/mol. The first-order valence-electron chi connectivity index (χ1n) is 16.7. The Balaban J connectivity index is 1.84. The fourth-order valence-corrected chi connectivity index (χ4v) is 6.19. The zero-order valence-electron chi connectivity index (χ0n) is 27.9. The Kier molecular flexibility index (Phi) is 13.7. The van der Waals surface area contributed by atoms with Crippen LogP contribution in [0.4, 0.5) is 0 Å². The Bertz CT molecular complexity index is 1600. The first kappa shape index (κ1) is 36.9. The van der Waals surface area contributed by atoms with Crippen molar-refractivity contribution in [3.8, 4) is 0 Å². The molecule has 0 saturated carbocycles. The smallest absolute Gasteiger partial charge is 0.303 e. The van der Waals surface area contributed by atoms with Crippen molar-refractivity contribution in [2.75, 3.05) is 0 Å². The third-order valence-corrected chi connectivity index (χ3v) is 8.79. The first-order valence-corrected chi connectivity index (χ1v) is 16.7. The molecule has 0 unspecified atom stereocenters. The Hall–Kier alpha value is -5.88. The van der Waals surface area contributed by atoms with Crippen molar-refractivity contribution in [2.45, 2.75) is 49.4 Å². The van der Waals surface area contributed by atoms with Gasteiger partial charge in [-0.3, -0.25) is 19.2 Å². The van der Waals surface area contributed by atoms with Gasteiger partial charge in [0.1, 0.15) is 0 Å². The Morgan fingerprint density at radius 3 is 0.960 bits per heavy atom. The molecule has 6 nitrogen and oxygen atoms in total. The molecule has 0 fully saturated rings. The highest BCUT2D eigenvalue weighted by Gasteiger charge is 2.38. The zero-order valence-corrected chi connectivity index (χ0v) is 27.9. The Morgan fingerprint density at radius 2 is 0.700 bits per heavy atom. The predicted octanol–water partition coefficient (Wildman–Crippen LogP) is 8.83. The molecule has 0 aliphatic heterocycles. The van der Waals surface area contributed by atoms with E-state index in [4.69, 9.17) is 10.2 Å². The third-order valence-electron chi connectivity index (χ3n) is 8.79. The van der Waals surface area contributed by atoms with Gasteiger partial charge in [0.05, 0.1) is 12.8 Å². The van der Waals surface area contributed by atoms with Gasteiger partial charge in [0, 0.05) is 23.7 Å². The molecular weight excluding hydrogens is 624 g/mol. The molecule has 4 rings (SSSR count). The molecule has 0 bridgehead atoms. The van der Waals surface area contributed by atoms with E-state index in [-0.39, 0.29) is 37.2 Å². The minimum Gasteiger partial charge on any atom is -0.481 e. The van der Waals surface area contributed by atoms with Crippen LogP contribution in [0, 0.1) is 0 Å². The maximum absolute atomic E-state index is 12.4. The third kappa shape index (κ3) is 10.3. The van der Waals surface area contributed by atoms with Gasteiger partial charge >= 0.3 is 11.9 Å². The molecule has 0 amide bonds. The van der Waals surface area contributed by atoms with Crippen molar-refractivity contribution in [2.24, 2.45) is 0 Å². The number of hydrogen-bond donors (Lipinski definition) is 2. The molecule has 0 aliphatic carbocycles. The van der Waals surface area contributed by atoms with Gasteiger partial charge in [0.15, 0.2) is 11.6 Å². The lowest BCUT2D eigenvalue weighted by Gasteiger charge is -2.39. The summed E-state index contributed by atoms with van der Waals surface area (Å²) in [4.78, 5) is 46.7. The van der Waals surface area contributed by atoms with E-state index < -0.39 is 22.8 Å². The Morgan fingerprint density at radius 1 is 0.420 bits per heavy atom. The average Bonchev–Trinajstić information content (AvgIpc) is 3.15. The van der Waals surface area contributed by atoms with Gasteiger partial charge in [-0.15, -0.1) is 0 Å². The summed E-state index contributed by atoms with van der Waals surface area (Å²) in [5.41, 5.74) is 2.99. The Labute approximate surface area is 293 Å². The van der Waals surface area contributed by atoms with Gasteiger partial charge in [0.25, 0.3) is 0 Å². The van der Waals surface area contributed by atoms with E-state index in [1.165, 1.54) is 12.2 Å². The maximum atomic E-state index is 12.4. The number of carboxylic acid groups (broad SMARTS) is 2. The van der Waals surface area contributed by atoms with Crippen LogP contribution in [-0.2, 0) is 30.0 Å². The van der Waals surface area contributed by atoms with Crippen LogP contribution in [0.3, 0.4) is 0 Å². The number of carbonyl (C=O) groups is 4. The summed E-state index contributed by atoms with van der Waals surface area (Å²) in [5, 5.41) is 18.0. The first-order chi connectivity index (χ1) is 24.2. The molecule has 4 aromatic rings. The number of hydrogen-bond acceptors (Lipinski definition) is 4. The molecule has 0 spiro atoms. The lowest BCUT2D eigenvalue weighted by atomic mass is 9.64. The van der Waals surface area contributed by atoms with E-state index in [1.54, 1.807) is 12.2 Å². The number of benzene rings is 4. The molecule has 0 aromatic heterocycles. The van der Waals surface area contributed by atoms with Crippen LogP contribution in [0.5, 0.6) is 0 Å². The molecule has 50 heavy (non-hydrogen) atoms. The lowest BCUT2D eigenvalue weighted by molar-refractivity contribution is -0.138. The number of carboxylic acids is 2. The summed E-state index contributed by atoms with van der Waals surface area (Å²) < 4.78 is 0. The quantitative estimate of drug-likeness (QED) is 0.0765. The summed E-state index contributed by atoms with van der Waals surface area (Å²) in [6.45, 7) is 0. The van der Waals surface area contributed by atoms with Crippen LogP contribution in [-0.4, -0.2) is 33.7 Å². The summed E-state index contributed by atoms with van der Waals surface area (Å²) in [6.07, 6.45) is 14.9. The van der Waals surface area contributed by atoms with Crippen LogP contribution in [0.15, 0.2) is 170 Å². The summed E-state index contributed by atoms with van der Waals surface area (Å²) >= 11 is 0. The molecular formula is C44H42O6.